The molecule has 4 rings (SSSR count). The Morgan fingerprint density at radius 3 is 2.38 bits per heavy atom. The van der Waals surface area contributed by atoms with E-state index >= 15 is 0 Å². The summed E-state index contributed by atoms with van der Waals surface area (Å²) >= 11 is 1.40. The Balaban J connectivity index is 1.68. The van der Waals surface area contributed by atoms with Gasteiger partial charge in [-0.15, -0.1) is 10.2 Å². The first-order valence-electron chi connectivity index (χ1n) is 10.5. The van der Waals surface area contributed by atoms with Crippen LogP contribution in [0.3, 0.4) is 0 Å². The predicted molar refractivity (Wildman–Crippen MR) is 130 cm³/mol. The molecule has 1 unspecified atom stereocenters. The van der Waals surface area contributed by atoms with Crippen molar-refractivity contribution < 1.29 is 4.79 Å². The fourth-order valence-electron chi connectivity index (χ4n) is 3.62. The van der Waals surface area contributed by atoms with E-state index in [1.165, 1.54) is 17.3 Å². The molecule has 0 radical (unpaired) electrons. The van der Waals surface area contributed by atoms with Crippen molar-refractivity contribution in [1.82, 2.24) is 14.8 Å². The van der Waals surface area contributed by atoms with E-state index < -0.39 is 5.25 Å². The summed E-state index contributed by atoms with van der Waals surface area (Å²) in [6.07, 6.45) is 1.70. The number of hydrogen-bond donors (Lipinski definition) is 1. The van der Waals surface area contributed by atoms with Crippen LogP contribution < -0.4 is 5.32 Å². The van der Waals surface area contributed by atoms with Crippen molar-refractivity contribution in [2.24, 2.45) is 0 Å². The van der Waals surface area contributed by atoms with Crippen LogP contribution in [0.1, 0.15) is 33.1 Å². The second-order valence-electron chi connectivity index (χ2n) is 7.99. The number of hydrogen-bond acceptors (Lipinski definition) is 4. The van der Waals surface area contributed by atoms with Gasteiger partial charge in [0.2, 0.25) is 5.91 Å². The third-order valence-corrected chi connectivity index (χ3v) is 6.55. The number of nitrogens with one attached hydrogen (secondary N) is 1. The molecular formula is C26H26N4OS. The summed E-state index contributed by atoms with van der Waals surface area (Å²) in [5.41, 5.74) is 7.20. The molecule has 1 atom stereocenters. The Kier molecular flexibility index (Phi) is 6.42. The average Bonchev–Trinajstić information content (AvgIpc) is 3.23. The Morgan fingerprint density at radius 2 is 1.62 bits per heavy atom. The van der Waals surface area contributed by atoms with Crippen molar-refractivity contribution in [2.45, 2.75) is 38.1 Å². The maximum absolute atomic E-state index is 13.5. The molecule has 0 saturated heterocycles. The van der Waals surface area contributed by atoms with E-state index in [9.17, 15) is 4.79 Å². The topological polar surface area (TPSA) is 59.8 Å². The molecule has 32 heavy (non-hydrogen) atoms. The molecule has 0 aliphatic rings. The van der Waals surface area contributed by atoms with Crippen molar-refractivity contribution >= 4 is 23.4 Å². The van der Waals surface area contributed by atoms with E-state index in [1.54, 1.807) is 6.33 Å². The van der Waals surface area contributed by atoms with Crippen LogP contribution in [0.4, 0.5) is 5.69 Å². The zero-order chi connectivity index (χ0) is 22.7. The number of aromatic nitrogens is 3. The van der Waals surface area contributed by atoms with E-state index in [0.717, 1.165) is 33.6 Å². The third-order valence-electron chi connectivity index (χ3n) is 5.34. The molecule has 0 spiro atoms. The molecule has 0 aliphatic heterocycles. The van der Waals surface area contributed by atoms with Gasteiger partial charge >= 0.3 is 0 Å². The van der Waals surface area contributed by atoms with Gasteiger partial charge in [0, 0.05) is 5.69 Å². The molecule has 0 saturated carbocycles. The number of benzene rings is 3. The number of rotatable bonds is 6. The van der Waals surface area contributed by atoms with Crippen LogP contribution in [-0.4, -0.2) is 20.7 Å². The Labute approximate surface area is 192 Å². The van der Waals surface area contributed by atoms with Gasteiger partial charge in [0.1, 0.15) is 11.6 Å². The minimum Gasteiger partial charge on any atom is -0.325 e. The highest BCUT2D eigenvalue weighted by molar-refractivity contribution is 8.00. The minimum absolute atomic E-state index is 0.0925. The largest absolute Gasteiger partial charge is 0.325 e. The average molecular weight is 443 g/mol. The molecule has 1 aromatic heterocycles. The fraction of sp³-hybridized carbons (Fsp3) is 0.192. The smallest absolute Gasteiger partial charge is 0.242 e. The molecule has 1 N–H and O–H groups in total. The zero-order valence-corrected chi connectivity index (χ0v) is 19.5. The molecule has 0 bridgehead atoms. The Bertz CT molecular complexity index is 1250. The molecule has 1 amide bonds. The number of nitrogens with zero attached hydrogens (tertiary/aromatic N) is 3. The van der Waals surface area contributed by atoms with Gasteiger partial charge in [-0.3, -0.25) is 9.36 Å². The summed E-state index contributed by atoms with van der Waals surface area (Å²) < 4.78 is 1.95. The lowest BCUT2D eigenvalue weighted by molar-refractivity contribution is -0.115. The van der Waals surface area contributed by atoms with Crippen LogP contribution in [0.25, 0.3) is 5.69 Å². The van der Waals surface area contributed by atoms with Crippen molar-refractivity contribution in [3.63, 3.8) is 0 Å². The van der Waals surface area contributed by atoms with Crippen LogP contribution in [0.5, 0.6) is 0 Å². The second-order valence-corrected chi connectivity index (χ2v) is 9.06. The van der Waals surface area contributed by atoms with Gasteiger partial charge in [-0.05, 0) is 62.1 Å². The molecular weight excluding hydrogens is 416 g/mol. The van der Waals surface area contributed by atoms with Gasteiger partial charge in [-0.1, -0.05) is 71.9 Å². The second kappa shape index (κ2) is 9.40. The fourth-order valence-corrected chi connectivity index (χ4v) is 4.64. The molecule has 4 aromatic rings. The van der Waals surface area contributed by atoms with Crippen molar-refractivity contribution in [3.05, 3.63) is 101 Å². The lowest BCUT2D eigenvalue weighted by Crippen LogP contribution is -2.20. The summed E-state index contributed by atoms with van der Waals surface area (Å²) in [4.78, 5) is 13.5. The van der Waals surface area contributed by atoms with Crippen LogP contribution in [-0.2, 0) is 4.79 Å². The monoisotopic (exact) mass is 442 g/mol. The first-order chi connectivity index (χ1) is 15.4. The summed E-state index contributed by atoms with van der Waals surface area (Å²) in [5, 5.41) is 11.8. The van der Waals surface area contributed by atoms with Gasteiger partial charge < -0.3 is 5.32 Å². The van der Waals surface area contributed by atoms with E-state index in [0.29, 0.717) is 5.16 Å². The number of amides is 1. The summed E-state index contributed by atoms with van der Waals surface area (Å²) in [6, 6.07) is 22.1. The van der Waals surface area contributed by atoms with Crippen LogP contribution in [0.2, 0.25) is 0 Å². The van der Waals surface area contributed by atoms with E-state index in [4.69, 9.17) is 0 Å². The number of carbonyl (C=O) groups excluding carboxylic acids is 1. The van der Waals surface area contributed by atoms with Gasteiger partial charge in [0.05, 0.1) is 5.69 Å². The Morgan fingerprint density at radius 1 is 0.906 bits per heavy atom. The molecule has 1 heterocycles. The van der Waals surface area contributed by atoms with Gasteiger partial charge in [0.15, 0.2) is 5.16 Å². The van der Waals surface area contributed by atoms with Crippen molar-refractivity contribution in [3.8, 4) is 5.69 Å². The summed E-state index contributed by atoms with van der Waals surface area (Å²) in [6.45, 7) is 8.15. The molecule has 0 fully saturated rings. The van der Waals surface area contributed by atoms with Crippen molar-refractivity contribution in [2.75, 3.05) is 5.32 Å². The number of anilines is 1. The molecule has 162 valence electrons. The summed E-state index contributed by atoms with van der Waals surface area (Å²) in [5.74, 6) is -0.0925. The molecule has 3 aromatic carbocycles. The molecule has 0 aliphatic carbocycles. The highest BCUT2D eigenvalue weighted by Crippen LogP contribution is 2.36. The van der Waals surface area contributed by atoms with E-state index in [2.05, 4.69) is 47.6 Å². The predicted octanol–water partition coefficient (Wildman–Crippen LogP) is 5.97. The van der Waals surface area contributed by atoms with Crippen molar-refractivity contribution in [1.29, 1.82) is 0 Å². The third kappa shape index (κ3) is 4.75. The molecule has 6 heteroatoms. The molecule has 5 nitrogen and oxygen atoms in total. The van der Waals surface area contributed by atoms with Gasteiger partial charge in [-0.2, -0.15) is 0 Å². The lowest BCUT2D eigenvalue weighted by Gasteiger charge is -2.18. The number of carbonyl (C=O) groups is 1. The normalized spacial score (nSPS) is 11.9. The SMILES string of the molecule is Cc1ccc(-n2cnnc2SC(C(=O)Nc2cc(C)ccc2C)c2ccccc2)c(C)c1. The highest BCUT2D eigenvalue weighted by atomic mass is 32.2. The van der Waals surface area contributed by atoms with Crippen LogP contribution >= 0.6 is 11.8 Å². The van der Waals surface area contributed by atoms with Gasteiger partial charge in [0.25, 0.3) is 0 Å². The Hall–Kier alpha value is -3.38. The summed E-state index contributed by atoms with van der Waals surface area (Å²) in [7, 11) is 0. The minimum atomic E-state index is -0.482. The first-order valence-corrected chi connectivity index (χ1v) is 11.4. The van der Waals surface area contributed by atoms with Gasteiger partial charge in [-0.25, -0.2) is 0 Å². The first kappa shape index (κ1) is 21.8. The standard InChI is InChI=1S/C26H26N4OS/c1-17-11-13-23(20(4)14-17)30-16-27-29-26(30)32-24(21-8-6-5-7-9-21)25(31)28-22-15-18(2)10-12-19(22)3/h5-16,24H,1-4H3,(H,28,31). The number of aryl methyl sites for hydroxylation is 4. The van der Waals surface area contributed by atoms with E-state index in [-0.39, 0.29) is 5.91 Å². The van der Waals surface area contributed by atoms with Crippen LogP contribution in [0, 0.1) is 27.7 Å². The highest BCUT2D eigenvalue weighted by Gasteiger charge is 2.25. The maximum Gasteiger partial charge on any atom is 0.242 e. The zero-order valence-electron chi connectivity index (χ0n) is 18.7. The number of thioether (sulfide) groups is 1. The van der Waals surface area contributed by atoms with E-state index in [1.807, 2.05) is 66.9 Å². The lowest BCUT2D eigenvalue weighted by atomic mass is 10.1. The maximum atomic E-state index is 13.5. The van der Waals surface area contributed by atoms with Crippen LogP contribution in [0.15, 0.2) is 78.2 Å². The quantitative estimate of drug-likeness (QED) is 0.374.